The average molecular weight is 300 g/mol. The molecule has 1 unspecified atom stereocenters. The van der Waals surface area contributed by atoms with Crippen molar-refractivity contribution in [3.05, 3.63) is 66.0 Å². The molecule has 2 aromatic carbocycles. The third-order valence-corrected chi connectivity index (χ3v) is 4.30. The molecule has 116 valence electrons. The van der Waals surface area contributed by atoms with Crippen molar-refractivity contribution >= 4 is 5.69 Å². The van der Waals surface area contributed by atoms with Gasteiger partial charge in [0.25, 0.3) is 0 Å². The Morgan fingerprint density at radius 2 is 1.55 bits per heavy atom. The summed E-state index contributed by atoms with van der Waals surface area (Å²) in [5.41, 5.74) is 2.21. The number of halogens is 1. The van der Waals surface area contributed by atoms with Gasteiger partial charge in [-0.25, -0.2) is 4.39 Å². The van der Waals surface area contributed by atoms with Gasteiger partial charge in [-0.1, -0.05) is 30.3 Å². The number of anilines is 1. The van der Waals surface area contributed by atoms with Crippen LogP contribution in [0.3, 0.4) is 0 Å². The minimum Gasteiger partial charge on any atom is -0.394 e. The van der Waals surface area contributed by atoms with Crippen molar-refractivity contribution in [2.45, 2.75) is 6.04 Å². The molecule has 0 amide bonds. The fourth-order valence-electron chi connectivity index (χ4n) is 3.05. The predicted octanol–water partition coefficient (Wildman–Crippen LogP) is 2.68. The lowest BCUT2D eigenvalue weighted by Gasteiger charge is -2.39. The first kappa shape index (κ1) is 15.0. The first-order chi connectivity index (χ1) is 10.8. The maximum atomic E-state index is 13.1. The molecule has 2 aromatic rings. The van der Waals surface area contributed by atoms with Gasteiger partial charge in [-0.2, -0.15) is 0 Å². The topological polar surface area (TPSA) is 26.7 Å². The normalized spacial score (nSPS) is 17.5. The maximum Gasteiger partial charge on any atom is 0.123 e. The van der Waals surface area contributed by atoms with Gasteiger partial charge in [-0.3, -0.25) is 4.90 Å². The third kappa shape index (κ3) is 3.29. The van der Waals surface area contributed by atoms with E-state index in [1.54, 1.807) is 12.1 Å². The minimum absolute atomic E-state index is 0.0525. The quantitative estimate of drug-likeness (QED) is 0.940. The molecule has 0 radical (unpaired) electrons. The van der Waals surface area contributed by atoms with Crippen LogP contribution in [0, 0.1) is 5.82 Å². The molecule has 0 saturated carbocycles. The highest BCUT2D eigenvalue weighted by molar-refractivity contribution is 5.46. The first-order valence-electron chi connectivity index (χ1n) is 7.68. The Morgan fingerprint density at radius 3 is 2.14 bits per heavy atom. The lowest BCUT2D eigenvalue weighted by Crippen LogP contribution is -2.48. The van der Waals surface area contributed by atoms with E-state index in [-0.39, 0.29) is 18.5 Å². The van der Waals surface area contributed by atoms with Crippen molar-refractivity contribution in [1.29, 1.82) is 0 Å². The Morgan fingerprint density at radius 1 is 0.909 bits per heavy atom. The zero-order valence-electron chi connectivity index (χ0n) is 12.5. The number of para-hydroxylation sites is 1. The van der Waals surface area contributed by atoms with Crippen molar-refractivity contribution in [3.63, 3.8) is 0 Å². The van der Waals surface area contributed by atoms with Gasteiger partial charge >= 0.3 is 0 Å². The van der Waals surface area contributed by atoms with E-state index in [1.165, 1.54) is 17.8 Å². The van der Waals surface area contributed by atoms with E-state index < -0.39 is 0 Å². The van der Waals surface area contributed by atoms with Crippen molar-refractivity contribution < 1.29 is 9.50 Å². The summed E-state index contributed by atoms with van der Waals surface area (Å²) < 4.78 is 13.1. The largest absolute Gasteiger partial charge is 0.394 e. The Bertz CT molecular complexity index is 580. The van der Waals surface area contributed by atoms with E-state index in [0.29, 0.717) is 0 Å². The second kappa shape index (κ2) is 6.90. The number of nitrogens with zero attached hydrogens (tertiary/aromatic N) is 2. The highest BCUT2D eigenvalue weighted by Gasteiger charge is 2.24. The molecular weight excluding hydrogens is 279 g/mol. The van der Waals surface area contributed by atoms with Gasteiger partial charge in [0, 0.05) is 31.9 Å². The second-order valence-electron chi connectivity index (χ2n) is 5.61. The summed E-state index contributed by atoms with van der Waals surface area (Å²) >= 11 is 0. The second-order valence-corrected chi connectivity index (χ2v) is 5.61. The summed E-state index contributed by atoms with van der Waals surface area (Å²) in [6.45, 7) is 3.69. The summed E-state index contributed by atoms with van der Waals surface area (Å²) in [5, 5.41) is 9.73. The van der Waals surface area contributed by atoms with Crippen molar-refractivity contribution in [2.24, 2.45) is 0 Å². The molecule has 1 aliphatic heterocycles. The molecule has 1 aliphatic rings. The van der Waals surface area contributed by atoms with Gasteiger partial charge in [0.05, 0.1) is 12.6 Å². The third-order valence-electron chi connectivity index (χ3n) is 4.30. The van der Waals surface area contributed by atoms with Crippen molar-refractivity contribution in [3.8, 4) is 0 Å². The lowest BCUT2D eigenvalue weighted by molar-refractivity contribution is 0.117. The first-order valence-corrected chi connectivity index (χ1v) is 7.68. The van der Waals surface area contributed by atoms with Crippen LogP contribution in [0.25, 0.3) is 0 Å². The average Bonchev–Trinajstić information content (AvgIpc) is 2.59. The number of hydrogen-bond donors (Lipinski definition) is 1. The zero-order chi connectivity index (χ0) is 15.4. The molecule has 22 heavy (non-hydrogen) atoms. The maximum absolute atomic E-state index is 13.1. The summed E-state index contributed by atoms with van der Waals surface area (Å²) in [6, 6.07) is 16.8. The zero-order valence-corrected chi connectivity index (χ0v) is 12.5. The van der Waals surface area contributed by atoms with Gasteiger partial charge < -0.3 is 10.0 Å². The number of piperazine rings is 1. The van der Waals surface area contributed by atoms with Crippen LogP contribution >= 0.6 is 0 Å². The van der Waals surface area contributed by atoms with Crippen LogP contribution in [0.4, 0.5) is 10.1 Å². The van der Waals surface area contributed by atoms with E-state index in [1.807, 2.05) is 6.07 Å². The molecule has 1 atom stereocenters. The molecule has 4 heteroatoms. The fourth-order valence-corrected chi connectivity index (χ4v) is 3.05. The van der Waals surface area contributed by atoms with E-state index in [9.17, 15) is 9.50 Å². The molecule has 3 nitrogen and oxygen atoms in total. The number of benzene rings is 2. The molecule has 1 fully saturated rings. The van der Waals surface area contributed by atoms with Crippen LogP contribution in [0.15, 0.2) is 54.6 Å². The summed E-state index contributed by atoms with van der Waals surface area (Å²) in [4.78, 5) is 4.63. The summed E-state index contributed by atoms with van der Waals surface area (Å²) in [7, 11) is 0. The number of hydrogen-bond acceptors (Lipinski definition) is 3. The molecule has 0 aliphatic carbocycles. The molecule has 0 bridgehead atoms. The summed E-state index contributed by atoms with van der Waals surface area (Å²) in [6.07, 6.45) is 0. The predicted molar refractivity (Wildman–Crippen MR) is 86.5 cm³/mol. The molecular formula is C18H21FN2O. The smallest absolute Gasteiger partial charge is 0.123 e. The Labute approximate surface area is 130 Å². The SMILES string of the molecule is OCC(c1ccc(F)cc1)N1CCN(c2ccccc2)CC1. The van der Waals surface area contributed by atoms with Crippen LogP contribution in [-0.2, 0) is 0 Å². The molecule has 1 heterocycles. The van der Waals surface area contributed by atoms with Gasteiger partial charge in [0.1, 0.15) is 5.82 Å². The van der Waals surface area contributed by atoms with E-state index in [4.69, 9.17) is 0 Å². The number of aliphatic hydroxyl groups is 1. The number of aliphatic hydroxyl groups excluding tert-OH is 1. The molecule has 3 rings (SSSR count). The Balaban J connectivity index is 1.65. The van der Waals surface area contributed by atoms with Crippen LogP contribution < -0.4 is 4.90 Å². The van der Waals surface area contributed by atoms with E-state index in [2.05, 4.69) is 34.1 Å². The van der Waals surface area contributed by atoms with Crippen LogP contribution in [0.1, 0.15) is 11.6 Å². The standard InChI is InChI=1S/C18H21FN2O/c19-16-8-6-15(7-9-16)18(14-22)21-12-10-20(11-13-21)17-4-2-1-3-5-17/h1-9,18,22H,10-14H2. The molecule has 0 aromatic heterocycles. The molecule has 0 spiro atoms. The fraction of sp³-hybridized carbons (Fsp3) is 0.333. The number of rotatable bonds is 4. The van der Waals surface area contributed by atoms with Crippen LogP contribution in [0.2, 0.25) is 0 Å². The molecule has 1 N–H and O–H groups in total. The Hall–Kier alpha value is -1.91. The van der Waals surface area contributed by atoms with Crippen LogP contribution in [-0.4, -0.2) is 42.8 Å². The monoisotopic (exact) mass is 300 g/mol. The highest BCUT2D eigenvalue weighted by atomic mass is 19.1. The van der Waals surface area contributed by atoms with Gasteiger partial charge in [0.2, 0.25) is 0 Å². The van der Waals surface area contributed by atoms with Gasteiger partial charge in [-0.05, 0) is 29.8 Å². The van der Waals surface area contributed by atoms with Crippen LogP contribution in [0.5, 0.6) is 0 Å². The Kier molecular flexibility index (Phi) is 4.71. The highest BCUT2D eigenvalue weighted by Crippen LogP contribution is 2.24. The van der Waals surface area contributed by atoms with Crippen molar-refractivity contribution in [1.82, 2.24) is 4.90 Å². The molecule has 1 saturated heterocycles. The van der Waals surface area contributed by atoms with E-state index in [0.717, 1.165) is 31.7 Å². The van der Waals surface area contributed by atoms with E-state index >= 15 is 0 Å². The van der Waals surface area contributed by atoms with Gasteiger partial charge in [-0.15, -0.1) is 0 Å². The minimum atomic E-state index is -0.241. The van der Waals surface area contributed by atoms with Crippen molar-refractivity contribution in [2.75, 3.05) is 37.7 Å². The lowest BCUT2D eigenvalue weighted by atomic mass is 10.0. The summed E-state index contributed by atoms with van der Waals surface area (Å²) in [5.74, 6) is -0.241. The van der Waals surface area contributed by atoms with Gasteiger partial charge in [0.15, 0.2) is 0 Å².